The zero-order chi connectivity index (χ0) is 21.1. The summed E-state index contributed by atoms with van der Waals surface area (Å²) in [5.74, 6) is 0.228. The molecule has 1 aromatic heterocycles. The van der Waals surface area contributed by atoms with Crippen molar-refractivity contribution in [3.05, 3.63) is 53.1 Å². The lowest BCUT2D eigenvalue weighted by Crippen LogP contribution is -2.50. The first-order chi connectivity index (χ1) is 14.5. The minimum atomic E-state index is -0.892. The monoisotopic (exact) mass is 415 g/mol. The second-order valence-electron chi connectivity index (χ2n) is 8.61. The highest BCUT2D eigenvalue weighted by molar-refractivity contribution is 5.66. The van der Waals surface area contributed by atoms with E-state index in [-0.39, 0.29) is 23.9 Å². The second-order valence-corrected chi connectivity index (χ2v) is 8.61. The minimum Gasteiger partial charge on any atom is -0.465 e. The average molecular weight is 416 g/mol. The number of nitrogens with zero attached hydrogens (tertiary/aromatic N) is 2. The van der Waals surface area contributed by atoms with Crippen molar-refractivity contribution in [2.75, 3.05) is 13.2 Å². The smallest absolute Gasteiger partial charge is 0.407 e. The van der Waals surface area contributed by atoms with Crippen LogP contribution in [-0.4, -0.2) is 51.6 Å². The summed E-state index contributed by atoms with van der Waals surface area (Å²) >= 11 is 0. The van der Waals surface area contributed by atoms with Gasteiger partial charge in [-0.15, -0.1) is 0 Å². The van der Waals surface area contributed by atoms with Gasteiger partial charge in [-0.1, -0.05) is 12.1 Å². The van der Waals surface area contributed by atoms with Crippen LogP contribution in [0.5, 0.6) is 0 Å². The molecule has 2 N–H and O–H groups in total. The molecule has 0 spiro atoms. The van der Waals surface area contributed by atoms with Gasteiger partial charge in [0, 0.05) is 18.7 Å². The molecule has 2 fully saturated rings. The van der Waals surface area contributed by atoms with Crippen molar-refractivity contribution in [2.24, 2.45) is 0 Å². The molecule has 7 heteroatoms. The lowest BCUT2D eigenvalue weighted by atomic mass is 9.82. The molecular formula is C23H30FN3O3. The molecular weight excluding hydrogens is 385 g/mol. The zero-order valence-corrected chi connectivity index (χ0v) is 17.4. The summed E-state index contributed by atoms with van der Waals surface area (Å²) < 4.78 is 19.8. The Balaban J connectivity index is 1.38. The SMILES string of the molecule is Cc1c[nH]nc1[C@H]1CCCN(C(=O)O)[C@H]1CO[C@H]1CC[C@@H](c2cccc(F)c2)CC1. The van der Waals surface area contributed by atoms with Crippen LogP contribution in [0.2, 0.25) is 0 Å². The molecule has 0 unspecified atom stereocenters. The number of benzene rings is 1. The molecule has 2 aliphatic rings. The third-order valence-electron chi connectivity index (χ3n) is 6.74. The number of amides is 1. The average Bonchev–Trinajstić information content (AvgIpc) is 3.18. The van der Waals surface area contributed by atoms with Gasteiger partial charge >= 0.3 is 6.09 Å². The second kappa shape index (κ2) is 9.16. The zero-order valence-electron chi connectivity index (χ0n) is 17.4. The molecule has 0 radical (unpaired) electrons. The lowest BCUT2D eigenvalue weighted by molar-refractivity contribution is -0.0224. The Morgan fingerprint density at radius 3 is 2.77 bits per heavy atom. The molecule has 162 valence electrons. The fraction of sp³-hybridized carbons (Fsp3) is 0.565. The van der Waals surface area contributed by atoms with E-state index in [4.69, 9.17) is 4.74 Å². The predicted octanol–water partition coefficient (Wildman–Crippen LogP) is 4.83. The van der Waals surface area contributed by atoms with Gasteiger partial charge < -0.3 is 14.7 Å². The Labute approximate surface area is 176 Å². The Hall–Kier alpha value is -2.41. The van der Waals surface area contributed by atoms with Crippen LogP contribution in [0.1, 0.15) is 67.2 Å². The van der Waals surface area contributed by atoms with E-state index in [1.807, 2.05) is 19.2 Å². The summed E-state index contributed by atoms with van der Waals surface area (Å²) in [6.07, 6.45) is 6.58. The summed E-state index contributed by atoms with van der Waals surface area (Å²) in [5, 5.41) is 17.0. The van der Waals surface area contributed by atoms with E-state index in [1.165, 1.54) is 11.0 Å². The van der Waals surface area contributed by atoms with E-state index in [0.717, 1.165) is 55.3 Å². The topological polar surface area (TPSA) is 78.5 Å². The minimum absolute atomic E-state index is 0.0460. The largest absolute Gasteiger partial charge is 0.465 e. The summed E-state index contributed by atoms with van der Waals surface area (Å²) in [4.78, 5) is 13.4. The van der Waals surface area contributed by atoms with Crippen molar-refractivity contribution in [2.45, 2.75) is 69.4 Å². The third kappa shape index (κ3) is 4.51. The van der Waals surface area contributed by atoms with Gasteiger partial charge in [0.1, 0.15) is 5.82 Å². The van der Waals surface area contributed by atoms with E-state index in [2.05, 4.69) is 10.2 Å². The molecule has 1 amide bonds. The first-order valence-electron chi connectivity index (χ1n) is 10.9. The van der Waals surface area contributed by atoms with Crippen molar-refractivity contribution in [3.63, 3.8) is 0 Å². The Kier molecular flexibility index (Phi) is 6.37. The normalized spacial score (nSPS) is 27.2. The van der Waals surface area contributed by atoms with E-state index in [1.54, 1.807) is 12.1 Å². The Bertz CT molecular complexity index is 863. The first kappa shape index (κ1) is 20.8. The number of carboxylic acid groups (broad SMARTS) is 1. The highest BCUT2D eigenvalue weighted by atomic mass is 19.1. The van der Waals surface area contributed by atoms with Gasteiger partial charge in [0.25, 0.3) is 0 Å². The number of aryl methyl sites for hydroxylation is 1. The summed E-state index contributed by atoms with van der Waals surface area (Å²) in [6.45, 7) is 2.93. The molecule has 1 aromatic carbocycles. The molecule has 2 heterocycles. The number of piperidine rings is 1. The number of aromatic amines is 1. The fourth-order valence-electron chi connectivity index (χ4n) is 5.11. The van der Waals surface area contributed by atoms with Crippen LogP contribution < -0.4 is 0 Å². The number of ether oxygens (including phenoxy) is 1. The van der Waals surface area contributed by atoms with Gasteiger partial charge in [-0.25, -0.2) is 9.18 Å². The van der Waals surface area contributed by atoms with Crippen LogP contribution in [0.15, 0.2) is 30.5 Å². The summed E-state index contributed by atoms with van der Waals surface area (Å²) in [7, 11) is 0. The summed E-state index contributed by atoms with van der Waals surface area (Å²) in [5.41, 5.74) is 3.07. The highest BCUT2D eigenvalue weighted by Crippen LogP contribution is 2.36. The number of hydrogen-bond donors (Lipinski definition) is 2. The maximum absolute atomic E-state index is 13.5. The molecule has 1 saturated carbocycles. The third-order valence-corrected chi connectivity index (χ3v) is 6.74. The van der Waals surface area contributed by atoms with Crippen LogP contribution in [-0.2, 0) is 4.74 Å². The molecule has 0 bridgehead atoms. The highest BCUT2D eigenvalue weighted by Gasteiger charge is 2.38. The van der Waals surface area contributed by atoms with Crippen molar-refractivity contribution in [1.82, 2.24) is 15.1 Å². The van der Waals surface area contributed by atoms with Crippen molar-refractivity contribution >= 4 is 6.09 Å². The number of halogens is 1. The van der Waals surface area contributed by atoms with Crippen LogP contribution >= 0.6 is 0 Å². The van der Waals surface area contributed by atoms with Crippen molar-refractivity contribution < 1.29 is 19.0 Å². The molecule has 1 saturated heterocycles. The van der Waals surface area contributed by atoms with Crippen LogP contribution in [0.4, 0.5) is 9.18 Å². The number of carbonyl (C=O) groups is 1. The van der Waals surface area contributed by atoms with Gasteiger partial charge in [-0.05, 0) is 74.6 Å². The summed E-state index contributed by atoms with van der Waals surface area (Å²) in [6, 6.07) is 6.66. The number of aromatic nitrogens is 2. The van der Waals surface area contributed by atoms with Gasteiger partial charge in [0.15, 0.2) is 0 Å². The number of nitrogens with one attached hydrogen (secondary N) is 1. The molecule has 1 aliphatic carbocycles. The molecule has 4 rings (SSSR count). The quantitative estimate of drug-likeness (QED) is 0.733. The fourth-order valence-corrected chi connectivity index (χ4v) is 5.11. The first-order valence-corrected chi connectivity index (χ1v) is 10.9. The van der Waals surface area contributed by atoms with E-state index >= 15 is 0 Å². The number of likely N-dealkylation sites (tertiary alicyclic amines) is 1. The Morgan fingerprint density at radius 2 is 2.10 bits per heavy atom. The lowest BCUT2D eigenvalue weighted by Gasteiger charge is -2.40. The van der Waals surface area contributed by atoms with Gasteiger partial charge in [-0.2, -0.15) is 5.10 Å². The molecule has 2 atom stereocenters. The Morgan fingerprint density at radius 1 is 1.30 bits per heavy atom. The van der Waals surface area contributed by atoms with Gasteiger partial charge in [0.05, 0.1) is 24.4 Å². The molecule has 1 aliphatic heterocycles. The van der Waals surface area contributed by atoms with Crippen molar-refractivity contribution in [1.29, 1.82) is 0 Å². The predicted molar refractivity (Wildman–Crippen MR) is 111 cm³/mol. The van der Waals surface area contributed by atoms with E-state index < -0.39 is 6.09 Å². The maximum atomic E-state index is 13.5. The number of H-pyrrole nitrogens is 1. The van der Waals surface area contributed by atoms with Gasteiger partial charge in [0.2, 0.25) is 0 Å². The molecule has 30 heavy (non-hydrogen) atoms. The standard InChI is InChI=1S/C23H30FN3O3/c1-15-13-25-26-22(15)20-6-3-11-27(23(28)29)21(20)14-30-19-9-7-16(8-10-19)17-4-2-5-18(24)12-17/h2,4-5,12-13,16,19-21H,3,6-11,14H2,1H3,(H,25,26)(H,28,29)/t16-,19+,20-,21-/m0/s1. The van der Waals surface area contributed by atoms with E-state index in [9.17, 15) is 14.3 Å². The number of rotatable bonds is 5. The molecule has 6 nitrogen and oxygen atoms in total. The van der Waals surface area contributed by atoms with Crippen LogP contribution in [0.25, 0.3) is 0 Å². The number of hydrogen-bond acceptors (Lipinski definition) is 3. The van der Waals surface area contributed by atoms with E-state index in [0.29, 0.717) is 19.1 Å². The van der Waals surface area contributed by atoms with Crippen LogP contribution in [0.3, 0.4) is 0 Å². The van der Waals surface area contributed by atoms with Crippen LogP contribution in [0, 0.1) is 12.7 Å². The van der Waals surface area contributed by atoms with Gasteiger partial charge in [-0.3, -0.25) is 5.10 Å². The van der Waals surface area contributed by atoms with Crippen molar-refractivity contribution in [3.8, 4) is 0 Å². The molecule has 2 aromatic rings. The maximum Gasteiger partial charge on any atom is 0.407 e.